The summed E-state index contributed by atoms with van der Waals surface area (Å²) in [5.74, 6) is -54.7. The van der Waals surface area contributed by atoms with Crippen LogP contribution in [0.15, 0.2) is 18.2 Å². The number of benzene rings is 1. The lowest BCUT2D eigenvalue weighted by molar-refractivity contribution is -0.450. The number of nitriles is 1. The predicted octanol–water partition coefficient (Wildman–Crippen LogP) is 6.07. The third-order valence-electron chi connectivity index (χ3n) is 7.81. The molecule has 0 aliphatic carbocycles. The summed E-state index contributed by atoms with van der Waals surface area (Å²) in [5, 5.41) is 8.90. The molecule has 3 heterocycles. The minimum atomic E-state index is -8.64. The van der Waals surface area contributed by atoms with Crippen LogP contribution < -0.4 is 4.90 Å². The number of hydrogen-bond acceptors (Lipinski definition) is 4. The van der Waals surface area contributed by atoms with Crippen molar-refractivity contribution in [3.8, 4) is 6.07 Å². The van der Waals surface area contributed by atoms with Crippen LogP contribution in [0.1, 0.15) is 17.5 Å². The molecule has 0 saturated carbocycles. The molecule has 3 atom stereocenters. The van der Waals surface area contributed by atoms with Gasteiger partial charge in [-0.25, -0.2) is 9.69 Å². The van der Waals surface area contributed by atoms with Crippen LogP contribution in [0.25, 0.3) is 0 Å². The number of carbonyl (C=O) groups is 3. The molecule has 25 heteroatoms. The lowest BCUT2D eigenvalue weighted by Crippen LogP contribution is -2.74. The third-order valence-corrected chi connectivity index (χ3v) is 7.81. The van der Waals surface area contributed by atoms with Gasteiger partial charge in [0.2, 0.25) is 0 Å². The van der Waals surface area contributed by atoms with E-state index < -0.39 is 119 Å². The summed E-state index contributed by atoms with van der Waals surface area (Å²) in [5.41, 5.74) is -3.60. The minimum Gasteiger partial charge on any atom is -0.330 e. The highest BCUT2D eigenvalue weighted by Gasteiger charge is 2.94. The van der Waals surface area contributed by atoms with Gasteiger partial charge in [0, 0.05) is 6.54 Å². The number of anilines is 1. The van der Waals surface area contributed by atoms with Crippen molar-refractivity contribution >= 4 is 23.5 Å². The Labute approximate surface area is 252 Å². The second kappa shape index (κ2) is 10.2. The molecule has 1 aromatic carbocycles. The van der Waals surface area contributed by atoms with Gasteiger partial charge in [-0.15, -0.1) is 0 Å². The number of imide groups is 1. The highest BCUT2D eigenvalue weighted by atomic mass is 19.4. The zero-order valence-corrected chi connectivity index (χ0v) is 22.2. The summed E-state index contributed by atoms with van der Waals surface area (Å²) in [6, 6.07) is -5.27. The van der Waals surface area contributed by atoms with Crippen molar-refractivity contribution in [1.82, 2.24) is 9.80 Å². The summed E-state index contributed by atoms with van der Waals surface area (Å²) >= 11 is 0. The summed E-state index contributed by atoms with van der Waals surface area (Å²) in [4.78, 5) is 38.3. The van der Waals surface area contributed by atoms with Crippen LogP contribution in [0.4, 0.5) is 89.5 Å². The molecule has 2 bridgehead atoms. The number of halogens is 18. The number of hydrogen-bond donors (Lipinski definition) is 0. The van der Waals surface area contributed by atoms with Crippen molar-refractivity contribution in [3.05, 3.63) is 29.3 Å². The zero-order chi connectivity index (χ0) is 37.2. The molecule has 48 heavy (non-hydrogen) atoms. The molecule has 3 aliphatic rings. The van der Waals surface area contributed by atoms with Crippen molar-refractivity contribution in [2.45, 2.75) is 72.4 Å². The summed E-state index contributed by atoms with van der Waals surface area (Å²) < 4.78 is 244. The van der Waals surface area contributed by atoms with E-state index in [1.54, 1.807) is 0 Å². The van der Waals surface area contributed by atoms with Gasteiger partial charge in [-0.05, 0) is 24.6 Å². The van der Waals surface area contributed by atoms with E-state index in [2.05, 4.69) is 0 Å². The number of rotatable bonds is 7. The van der Waals surface area contributed by atoms with Gasteiger partial charge in [-0.1, -0.05) is 0 Å². The average Bonchev–Trinajstić information content (AvgIpc) is 3.61. The van der Waals surface area contributed by atoms with E-state index in [1.807, 2.05) is 0 Å². The number of urea groups is 1. The van der Waals surface area contributed by atoms with Gasteiger partial charge in [0.1, 0.15) is 6.04 Å². The highest BCUT2D eigenvalue weighted by molar-refractivity contribution is 6.22. The van der Waals surface area contributed by atoms with Gasteiger partial charge < -0.3 is 9.80 Å². The predicted molar refractivity (Wildman–Crippen MR) is 114 cm³/mol. The number of likely N-dealkylation sites (tertiary alicyclic amines) is 1. The maximum Gasteiger partial charge on any atom is 0.460 e. The Kier molecular flexibility index (Phi) is 7.79. The third kappa shape index (κ3) is 4.48. The lowest BCUT2D eigenvalue weighted by atomic mass is 9.90. The molecule has 1 unspecified atom stereocenters. The highest BCUT2D eigenvalue weighted by Crippen LogP contribution is 2.62. The number of amides is 4. The Morgan fingerprint density at radius 1 is 0.750 bits per heavy atom. The summed E-state index contributed by atoms with van der Waals surface area (Å²) in [6.45, 7) is -1.41. The molecule has 0 aromatic heterocycles. The summed E-state index contributed by atoms with van der Waals surface area (Å²) in [7, 11) is 0. The molecule has 1 aromatic rings. The van der Waals surface area contributed by atoms with Crippen molar-refractivity contribution in [3.63, 3.8) is 0 Å². The molecule has 3 saturated heterocycles. The van der Waals surface area contributed by atoms with Crippen LogP contribution in [0.3, 0.4) is 0 Å². The van der Waals surface area contributed by atoms with E-state index in [1.165, 1.54) is 6.07 Å². The Morgan fingerprint density at radius 3 is 1.73 bits per heavy atom. The number of piperazine rings is 1. The van der Waals surface area contributed by atoms with Crippen molar-refractivity contribution in [2.24, 2.45) is 0 Å². The Morgan fingerprint density at radius 2 is 1.25 bits per heavy atom. The van der Waals surface area contributed by atoms with Crippen LogP contribution in [-0.2, 0) is 15.8 Å². The smallest absolute Gasteiger partial charge is 0.330 e. The molecule has 4 rings (SSSR count). The molecule has 4 amide bonds. The Hall–Kier alpha value is -4.14. The lowest BCUT2D eigenvalue weighted by Gasteiger charge is -2.42. The molecule has 0 radical (unpaired) electrons. The van der Waals surface area contributed by atoms with E-state index in [0.29, 0.717) is 17.0 Å². The van der Waals surface area contributed by atoms with E-state index in [-0.39, 0.29) is 11.0 Å². The quantitative estimate of drug-likeness (QED) is 0.252. The van der Waals surface area contributed by atoms with Gasteiger partial charge in [0.05, 0.1) is 35.0 Å². The van der Waals surface area contributed by atoms with Crippen LogP contribution in [0, 0.1) is 11.3 Å². The van der Waals surface area contributed by atoms with E-state index >= 15 is 0 Å². The SMILES string of the molecule is N#Cc1ccc(N2C(=O)[C@@H]3C4C[C@H](CN4C(=O)C(F)(F)C(F)(F)C(F)(F)C(F)(F)C(F)(F)C(F)(F)C(F)(F)F)N3C2=O)cc1C(F)(F)F. The fraction of sp³-hybridized carbons (Fsp3) is 0.565. The molecule has 266 valence electrons. The van der Waals surface area contributed by atoms with Crippen LogP contribution in [0.5, 0.6) is 0 Å². The number of alkyl halides is 18. The summed E-state index contributed by atoms with van der Waals surface area (Å²) in [6.07, 6.45) is -13.9. The first kappa shape index (κ1) is 36.7. The van der Waals surface area contributed by atoms with Crippen molar-refractivity contribution in [2.75, 3.05) is 11.4 Å². The molecule has 0 N–H and O–H groups in total. The number of nitrogens with zero attached hydrogens (tertiary/aromatic N) is 4. The van der Waals surface area contributed by atoms with Gasteiger partial charge >= 0.3 is 53.9 Å². The average molecular weight is 732 g/mol. The topological polar surface area (TPSA) is 84.7 Å². The van der Waals surface area contributed by atoms with Crippen molar-refractivity contribution in [1.29, 1.82) is 5.26 Å². The van der Waals surface area contributed by atoms with E-state index in [0.717, 1.165) is 0 Å². The van der Waals surface area contributed by atoms with Gasteiger partial charge in [0.15, 0.2) is 0 Å². The van der Waals surface area contributed by atoms with E-state index in [4.69, 9.17) is 5.26 Å². The van der Waals surface area contributed by atoms with Crippen LogP contribution in [-0.4, -0.2) is 94.0 Å². The van der Waals surface area contributed by atoms with Gasteiger partial charge in [-0.3, -0.25) is 9.59 Å². The fourth-order valence-corrected chi connectivity index (χ4v) is 5.41. The zero-order valence-electron chi connectivity index (χ0n) is 22.2. The maximum atomic E-state index is 14.7. The molecule has 7 nitrogen and oxygen atoms in total. The number of carbonyl (C=O) groups excluding carboxylic acids is 3. The monoisotopic (exact) mass is 732 g/mol. The standard InChI is InChI=1S/C23H10F18N4O3/c24-16(25,18(29,30)19(31,32)20(33,34)21(35,36)22(37,38)23(39,40)41)14(47)43-6-9-4-11(43)12-13(46)45(15(48)44(9)12)8-2-1-7(5-42)10(3-8)17(26,27)28/h1-3,9,11-12H,4,6H2/t9-,11?,12+/m1/s1. The maximum absolute atomic E-state index is 14.7. The molecule has 3 fully saturated rings. The largest absolute Gasteiger partial charge is 0.460 e. The van der Waals surface area contributed by atoms with Gasteiger partial charge in [-0.2, -0.15) is 84.3 Å². The second-order valence-corrected chi connectivity index (χ2v) is 10.5. The Bertz CT molecular complexity index is 1600. The van der Waals surface area contributed by atoms with Gasteiger partial charge in [0.25, 0.3) is 11.8 Å². The molecule has 3 aliphatic heterocycles. The first-order valence-corrected chi connectivity index (χ1v) is 12.3. The molecular weight excluding hydrogens is 722 g/mol. The molecular formula is C23H10F18N4O3. The van der Waals surface area contributed by atoms with E-state index in [9.17, 15) is 93.4 Å². The fourth-order valence-electron chi connectivity index (χ4n) is 5.41. The Balaban J connectivity index is 1.67. The van der Waals surface area contributed by atoms with Crippen LogP contribution in [0.2, 0.25) is 0 Å². The van der Waals surface area contributed by atoms with Crippen LogP contribution >= 0.6 is 0 Å². The normalized spacial score (nSPS) is 22.9. The number of fused-ring (bicyclic) bond motifs is 5. The molecule has 0 spiro atoms. The minimum absolute atomic E-state index is 0.0292. The first-order valence-electron chi connectivity index (χ1n) is 12.3. The second-order valence-electron chi connectivity index (χ2n) is 10.5. The first-order chi connectivity index (χ1) is 21.4. The van der Waals surface area contributed by atoms with Crippen molar-refractivity contribution < 1.29 is 93.4 Å².